The van der Waals surface area contributed by atoms with Gasteiger partial charge in [0.05, 0.1) is 11.5 Å². The predicted molar refractivity (Wildman–Crippen MR) is 211 cm³/mol. The zero-order valence-corrected chi connectivity index (χ0v) is 42.6. The molecule has 2 radical (unpaired) electrons. The van der Waals surface area contributed by atoms with Crippen LogP contribution in [0.2, 0.25) is 0 Å². The second-order valence-electron chi connectivity index (χ2n) is 20.6. The molecule has 4 saturated carbocycles. The van der Waals surface area contributed by atoms with E-state index in [2.05, 4.69) is 27.7 Å². The number of fused-ring (bicyclic) bond motifs is 7. The fourth-order valence-electron chi connectivity index (χ4n) is 13.4. The Bertz CT molecular complexity index is 1740. The van der Waals surface area contributed by atoms with Crippen molar-refractivity contribution < 1.29 is 79.0 Å². The van der Waals surface area contributed by atoms with Crippen LogP contribution < -0.4 is 0 Å². The first-order valence-corrected chi connectivity index (χ1v) is 20.7. The number of aliphatic carboxylic acids is 3. The number of aliphatic hydroxyl groups excluding tert-OH is 5. The predicted octanol–water partition coefficient (Wildman–Crippen LogP) is 1.48. The third kappa shape index (κ3) is 7.97. The quantitative estimate of drug-likeness (QED) is 0.133. The Kier molecular flexibility index (Phi) is 15.3. The Morgan fingerprint density at radius 3 is 1.83 bits per heavy atom. The van der Waals surface area contributed by atoms with Gasteiger partial charge in [-0.3, -0.25) is 9.59 Å². The van der Waals surface area contributed by atoms with Crippen LogP contribution in [0.15, 0.2) is 11.6 Å². The number of ketones is 1. The van der Waals surface area contributed by atoms with E-state index in [1.165, 1.54) is 0 Å². The van der Waals surface area contributed by atoms with Crippen LogP contribution >= 0.6 is 0 Å². The molecular formula is C42H62K2O16. The molecule has 7 rings (SSSR count). The molecule has 2 heterocycles. The van der Waals surface area contributed by atoms with Gasteiger partial charge in [0.1, 0.15) is 36.6 Å². The molecule has 0 bridgehead atoms. The van der Waals surface area contributed by atoms with Gasteiger partial charge < -0.3 is 59.8 Å². The molecule has 0 aromatic rings. The van der Waals surface area contributed by atoms with Gasteiger partial charge in [0, 0.05) is 109 Å². The average Bonchev–Trinajstić information content (AvgIpc) is 3.13. The summed E-state index contributed by atoms with van der Waals surface area (Å²) in [6.45, 7) is 14.8. The van der Waals surface area contributed by atoms with Crippen molar-refractivity contribution in [3.8, 4) is 0 Å². The van der Waals surface area contributed by atoms with Gasteiger partial charge in [-0.1, -0.05) is 47.1 Å². The molecule has 0 spiro atoms. The van der Waals surface area contributed by atoms with Gasteiger partial charge >= 0.3 is 17.9 Å². The summed E-state index contributed by atoms with van der Waals surface area (Å²) in [5.74, 6) is -4.47. The molecule has 16 nitrogen and oxygen atoms in total. The molecule has 2 aliphatic heterocycles. The fraction of sp³-hybridized carbons (Fsp3) is 0.857. The van der Waals surface area contributed by atoms with Crippen LogP contribution in [-0.4, -0.2) is 235 Å². The minimum absolute atomic E-state index is 0. The molecule has 60 heavy (non-hydrogen) atoms. The van der Waals surface area contributed by atoms with Gasteiger partial charge in [-0.15, -0.1) is 0 Å². The largest absolute Gasteiger partial charge is 0.481 e. The molecular weight excluding hydrogens is 839 g/mol. The SMILES string of the molecule is CC1(C(=O)O)CCC2(C)CCC3(C)C(=CC(=O)C4C5(C)CCC(OC6OC(C(=O)O)C(O)C(O)C6OC6OC(C(=O)O)C(O)C(O)C6O)C(C)(C)C5CCC43C)C2C1.[K].[K]. The van der Waals surface area contributed by atoms with Crippen LogP contribution in [0, 0.1) is 50.2 Å². The Morgan fingerprint density at radius 2 is 1.25 bits per heavy atom. The summed E-state index contributed by atoms with van der Waals surface area (Å²) in [7, 11) is 0. The summed E-state index contributed by atoms with van der Waals surface area (Å²) in [6, 6.07) is 0. The number of aliphatic hydroxyl groups is 5. The molecule has 0 aromatic heterocycles. The minimum atomic E-state index is -2.05. The molecule has 19 unspecified atom stereocenters. The van der Waals surface area contributed by atoms with Crippen molar-refractivity contribution in [3.63, 3.8) is 0 Å². The average molecular weight is 901 g/mol. The van der Waals surface area contributed by atoms with E-state index in [1.54, 1.807) is 0 Å². The van der Waals surface area contributed by atoms with Gasteiger partial charge in [-0.25, -0.2) is 9.59 Å². The van der Waals surface area contributed by atoms with Crippen molar-refractivity contribution in [2.75, 3.05) is 0 Å². The smallest absolute Gasteiger partial charge is 0.335 e. The number of carbonyl (C=O) groups excluding carboxylic acids is 1. The number of carboxylic acid groups (broad SMARTS) is 3. The number of rotatable bonds is 7. The number of carbonyl (C=O) groups is 4. The number of hydrogen-bond donors (Lipinski definition) is 8. The first-order valence-electron chi connectivity index (χ1n) is 20.7. The molecule has 7 aliphatic rings. The van der Waals surface area contributed by atoms with Gasteiger partial charge in [0.25, 0.3) is 0 Å². The molecule has 6 fully saturated rings. The van der Waals surface area contributed by atoms with Crippen molar-refractivity contribution in [3.05, 3.63) is 11.6 Å². The van der Waals surface area contributed by atoms with Gasteiger partial charge in [-0.2, -0.15) is 0 Å². The summed E-state index contributed by atoms with van der Waals surface area (Å²) in [6.07, 6.45) is -12.2. The van der Waals surface area contributed by atoms with Gasteiger partial charge in [0.15, 0.2) is 30.6 Å². The summed E-state index contributed by atoms with van der Waals surface area (Å²) >= 11 is 0. The van der Waals surface area contributed by atoms with Crippen molar-refractivity contribution in [1.29, 1.82) is 0 Å². The standard InChI is InChI=1S/C42H62O16.2K/c1-37(2)21-8-11-42(7)31(20(43)16-18-19-17-39(4,36(53)54)13-12-38(19,3)14-15-41(18,42)6)40(21,5)10-9-22(37)55-35-30(26(47)25(46)29(57-35)33(51)52)58-34-27(48)23(44)24(45)28(56-34)32(49)50;;/h16,19,21-31,34-35,44-48H,8-15,17H2,1-7H3,(H,49,50)(H,51,52)(H,53,54);;. The second-order valence-corrected chi connectivity index (χ2v) is 20.6. The molecule has 0 amide bonds. The summed E-state index contributed by atoms with van der Waals surface area (Å²) in [5.41, 5.74) is -1.81. The van der Waals surface area contributed by atoms with Crippen LogP contribution in [0.3, 0.4) is 0 Å². The maximum atomic E-state index is 14.8. The molecule has 0 aromatic carbocycles. The molecule has 8 N–H and O–H groups in total. The van der Waals surface area contributed by atoms with Crippen LogP contribution in [-0.2, 0) is 38.1 Å². The zero-order valence-electron chi connectivity index (χ0n) is 36.4. The van der Waals surface area contributed by atoms with E-state index in [-0.39, 0.29) is 137 Å². The Hall–Kier alpha value is 0.733. The topological polar surface area (TPSA) is 267 Å². The Labute approximate surface area is 435 Å². The normalized spacial score (nSPS) is 50.8. The molecule has 328 valence electrons. The van der Waals surface area contributed by atoms with Gasteiger partial charge in [0.2, 0.25) is 0 Å². The molecule has 2 saturated heterocycles. The zero-order chi connectivity index (χ0) is 42.9. The summed E-state index contributed by atoms with van der Waals surface area (Å²) in [4.78, 5) is 51.3. The van der Waals surface area contributed by atoms with Crippen molar-refractivity contribution >= 4 is 126 Å². The van der Waals surface area contributed by atoms with Crippen molar-refractivity contribution in [2.45, 2.75) is 174 Å². The monoisotopic (exact) mass is 900 g/mol. The first kappa shape index (κ1) is 51.7. The number of allylic oxidation sites excluding steroid dienone is 2. The molecule has 5 aliphatic carbocycles. The molecule has 19 atom stereocenters. The van der Waals surface area contributed by atoms with Crippen molar-refractivity contribution in [1.82, 2.24) is 0 Å². The van der Waals surface area contributed by atoms with E-state index in [0.29, 0.717) is 25.7 Å². The van der Waals surface area contributed by atoms with E-state index in [4.69, 9.17) is 18.9 Å². The van der Waals surface area contributed by atoms with Crippen molar-refractivity contribution in [2.24, 2.45) is 50.2 Å². The Balaban J connectivity index is 0.00000341. The third-order valence-corrected chi connectivity index (χ3v) is 17.2. The van der Waals surface area contributed by atoms with Crippen LogP contribution in [0.5, 0.6) is 0 Å². The van der Waals surface area contributed by atoms with Crippen LogP contribution in [0.4, 0.5) is 0 Å². The Morgan fingerprint density at radius 1 is 0.683 bits per heavy atom. The maximum Gasteiger partial charge on any atom is 0.335 e. The second kappa shape index (κ2) is 17.8. The minimum Gasteiger partial charge on any atom is -0.481 e. The van der Waals surface area contributed by atoms with E-state index in [9.17, 15) is 60.0 Å². The third-order valence-electron chi connectivity index (χ3n) is 17.2. The van der Waals surface area contributed by atoms with Gasteiger partial charge in [-0.05, 0) is 110 Å². The van der Waals surface area contributed by atoms with Crippen LogP contribution in [0.1, 0.15) is 106 Å². The maximum absolute atomic E-state index is 14.8. The summed E-state index contributed by atoms with van der Waals surface area (Å²) < 4.78 is 23.4. The fourth-order valence-corrected chi connectivity index (χ4v) is 13.4. The van der Waals surface area contributed by atoms with E-state index < -0.39 is 107 Å². The summed E-state index contributed by atoms with van der Waals surface area (Å²) in [5, 5.41) is 83.0. The first-order chi connectivity index (χ1) is 26.8. The number of ether oxygens (including phenoxy) is 4. The number of carboxylic acids is 3. The number of hydrogen-bond acceptors (Lipinski definition) is 13. The van der Waals surface area contributed by atoms with E-state index >= 15 is 0 Å². The molecule has 18 heteroatoms. The van der Waals surface area contributed by atoms with E-state index in [0.717, 1.165) is 37.7 Å². The van der Waals surface area contributed by atoms with E-state index in [1.807, 2.05) is 26.8 Å². The van der Waals surface area contributed by atoms with Crippen LogP contribution in [0.25, 0.3) is 0 Å².